The van der Waals surface area contributed by atoms with E-state index in [1.807, 2.05) is 39.0 Å². The Morgan fingerprint density at radius 2 is 1.85 bits per heavy atom. The third-order valence-electron chi connectivity index (χ3n) is 6.70. The summed E-state index contributed by atoms with van der Waals surface area (Å²) in [4.78, 5) is 17.8. The van der Waals surface area contributed by atoms with Crippen LogP contribution >= 0.6 is 0 Å². The van der Waals surface area contributed by atoms with E-state index in [4.69, 9.17) is 4.98 Å². The van der Waals surface area contributed by atoms with Gasteiger partial charge in [-0.25, -0.2) is 13.4 Å². The van der Waals surface area contributed by atoms with Gasteiger partial charge in [0.2, 0.25) is 15.9 Å². The Kier molecular flexibility index (Phi) is 7.38. The molecule has 0 spiro atoms. The molecular formula is C26H34N4O3S. The molecule has 0 saturated carbocycles. The van der Waals surface area contributed by atoms with E-state index in [-0.39, 0.29) is 10.8 Å². The van der Waals surface area contributed by atoms with E-state index in [2.05, 4.69) is 16.0 Å². The zero-order valence-electron chi connectivity index (χ0n) is 20.3. The topological polar surface area (TPSA) is 84.3 Å². The molecule has 0 aliphatic heterocycles. The number of carbonyl (C=O) groups excluding carboxylic acids is 1. The van der Waals surface area contributed by atoms with Gasteiger partial charge in [-0.15, -0.1) is 0 Å². The lowest BCUT2D eigenvalue weighted by molar-refractivity contribution is -0.116. The van der Waals surface area contributed by atoms with Crippen molar-refractivity contribution in [2.75, 3.05) is 18.4 Å². The monoisotopic (exact) mass is 482 g/mol. The number of sulfonamides is 1. The highest BCUT2D eigenvalue weighted by atomic mass is 32.2. The molecule has 4 rings (SSSR count). The van der Waals surface area contributed by atoms with Crippen LogP contribution in [0.15, 0.2) is 41.3 Å². The van der Waals surface area contributed by atoms with Crippen molar-refractivity contribution < 1.29 is 13.2 Å². The van der Waals surface area contributed by atoms with Gasteiger partial charge in [0.1, 0.15) is 5.82 Å². The third-order valence-corrected chi connectivity index (χ3v) is 8.75. The van der Waals surface area contributed by atoms with Gasteiger partial charge in [0.05, 0.1) is 15.9 Å². The fourth-order valence-corrected chi connectivity index (χ4v) is 6.39. The molecule has 1 amide bonds. The summed E-state index contributed by atoms with van der Waals surface area (Å²) in [5.41, 5.74) is 5.06. The number of anilines is 1. The number of carbonyl (C=O) groups is 1. The average molecular weight is 483 g/mol. The van der Waals surface area contributed by atoms with Crippen LogP contribution < -0.4 is 5.32 Å². The highest BCUT2D eigenvalue weighted by Gasteiger charge is 2.23. The molecule has 1 N–H and O–H groups in total. The van der Waals surface area contributed by atoms with Crippen molar-refractivity contribution in [1.82, 2.24) is 13.9 Å². The lowest BCUT2D eigenvalue weighted by atomic mass is 9.90. The van der Waals surface area contributed by atoms with Gasteiger partial charge in [0, 0.05) is 38.2 Å². The number of nitrogens with zero attached hydrogens (tertiary/aromatic N) is 3. The van der Waals surface area contributed by atoms with Crippen molar-refractivity contribution in [2.24, 2.45) is 0 Å². The minimum atomic E-state index is -3.55. The highest BCUT2D eigenvalue weighted by Crippen LogP contribution is 2.28. The number of fused-ring (bicyclic) bond motifs is 2. The Morgan fingerprint density at radius 1 is 1.09 bits per heavy atom. The molecule has 8 heteroatoms. The number of amides is 1. The van der Waals surface area contributed by atoms with E-state index < -0.39 is 10.0 Å². The largest absolute Gasteiger partial charge is 0.328 e. The van der Waals surface area contributed by atoms with Crippen molar-refractivity contribution in [3.8, 4) is 0 Å². The predicted molar refractivity (Wildman–Crippen MR) is 136 cm³/mol. The summed E-state index contributed by atoms with van der Waals surface area (Å²) in [6.45, 7) is 7.24. The number of nitrogens with one attached hydrogen (secondary N) is 1. The summed E-state index contributed by atoms with van der Waals surface area (Å²) < 4.78 is 29.4. The second-order valence-electron chi connectivity index (χ2n) is 8.71. The van der Waals surface area contributed by atoms with E-state index in [1.165, 1.54) is 21.9 Å². The maximum atomic E-state index is 12.9. The number of hydrogen-bond acceptors (Lipinski definition) is 4. The standard InChI is InChI=1S/C26H34N4O3S/c1-4-29(5-2)34(32,33)20-14-15-24-23(18-20)27-25(30(24)6-3)16-17-26(31)28-22-13-9-11-19-10-7-8-12-21(19)22/h9,11,13-15,18H,4-8,10,12,16-17H2,1-3H3,(H,28,31). The maximum absolute atomic E-state index is 12.9. The zero-order valence-corrected chi connectivity index (χ0v) is 21.1. The van der Waals surface area contributed by atoms with Crippen molar-refractivity contribution in [2.45, 2.75) is 70.7 Å². The van der Waals surface area contributed by atoms with Gasteiger partial charge in [-0.1, -0.05) is 26.0 Å². The molecule has 1 aliphatic rings. The Bertz CT molecular complexity index is 1290. The van der Waals surface area contributed by atoms with Gasteiger partial charge in [-0.05, 0) is 68.0 Å². The molecule has 0 atom stereocenters. The SMILES string of the molecule is CCN(CC)S(=O)(=O)c1ccc2c(c1)nc(CCC(=O)Nc1cccc3c1CCCC3)n2CC. The molecule has 182 valence electrons. The van der Waals surface area contributed by atoms with Gasteiger partial charge < -0.3 is 9.88 Å². The van der Waals surface area contributed by atoms with E-state index in [0.29, 0.717) is 38.0 Å². The minimum Gasteiger partial charge on any atom is -0.328 e. The lowest BCUT2D eigenvalue weighted by Crippen LogP contribution is -2.30. The summed E-state index contributed by atoms with van der Waals surface area (Å²) in [6, 6.07) is 11.3. The van der Waals surface area contributed by atoms with Crippen LogP contribution in [0.3, 0.4) is 0 Å². The van der Waals surface area contributed by atoms with Crippen molar-refractivity contribution in [3.05, 3.63) is 53.3 Å². The molecule has 1 aliphatic carbocycles. The van der Waals surface area contributed by atoms with Crippen LogP contribution in [0.4, 0.5) is 5.69 Å². The molecular weight excluding hydrogens is 448 g/mol. The number of aryl methyl sites for hydroxylation is 3. The summed E-state index contributed by atoms with van der Waals surface area (Å²) in [5, 5.41) is 3.11. The molecule has 0 bridgehead atoms. The summed E-state index contributed by atoms with van der Waals surface area (Å²) in [7, 11) is -3.55. The first-order valence-electron chi connectivity index (χ1n) is 12.3. The number of imidazole rings is 1. The zero-order chi connectivity index (χ0) is 24.3. The Balaban J connectivity index is 1.52. The molecule has 0 unspecified atom stereocenters. The molecule has 34 heavy (non-hydrogen) atoms. The fraction of sp³-hybridized carbons (Fsp3) is 0.462. The summed E-state index contributed by atoms with van der Waals surface area (Å²) >= 11 is 0. The van der Waals surface area contributed by atoms with Crippen LogP contribution in [0.1, 0.15) is 57.0 Å². The van der Waals surface area contributed by atoms with Crippen LogP contribution in [-0.2, 0) is 40.6 Å². The Labute approximate surface area is 202 Å². The molecule has 2 aromatic carbocycles. The first-order chi connectivity index (χ1) is 16.4. The number of aromatic nitrogens is 2. The Morgan fingerprint density at radius 3 is 2.59 bits per heavy atom. The average Bonchev–Trinajstić information content (AvgIpc) is 3.20. The summed E-state index contributed by atoms with van der Waals surface area (Å²) in [5.74, 6) is 0.763. The second-order valence-corrected chi connectivity index (χ2v) is 10.6. The second kappa shape index (κ2) is 10.3. The normalized spacial score (nSPS) is 13.9. The first-order valence-corrected chi connectivity index (χ1v) is 13.7. The molecule has 1 aromatic heterocycles. The van der Waals surface area contributed by atoms with Crippen LogP contribution in [0, 0.1) is 0 Å². The van der Waals surface area contributed by atoms with Gasteiger partial charge in [-0.3, -0.25) is 4.79 Å². The van der Waals surface area contributed by atoms with E-state index in [1.54, 1.807) is 12.1 Å². The smallest absolute Gasteiger partial charge is 0.243 e. The predicted octanol–water partition coefficient (Wildman–Crippen LogP) is 4.54. The first kappa shape index (κ1) is 24.4. The van der Waals surface area contributed by atoms with E-state index in [9.17, 15) is 13.2 Å². The van der Waals surface area contributed by atoms with Crippen LogP contribution in [-0.4, -0.2) is 41.3 Å². The van der Waals surface area contributed by atoms with Gasteiger partial charge in [0.25, 0.3) is 0 Å². The highest BCUT2D eigenvalue weighted by molar-refractivity contribution is 7.89. The molecule has 0 fully saturated rings. The van der Waals surface area contributed by atoms with Gasteiger partial charge in [-0.2, -0.15) is 4.31 Å². The maximum Gasteiger partial charge on any atom is 0.243 e. The lowest BCUT2D eigenvalue weighted by Gasteiger charge is -2.19. The molecule has 1 heterocycles. The fourth-order valence-electron chi connectivity index (χ4n) is 4.91. The van der Waals surface area contributed by atoms with Crippen molar-refractivity contribution >= 4 is 32.7 Å². The van der Waals surface area contributed by atoms with Crippen LogP contribution in [0.5, 0.6) is 0 Å². The third kappa shape index (κ3) is 4.74. The van der Waals surface area contributed by atoms with Gasteiger partial charge in [0.15, 0.2) is 0 Å². The Hall–Kier alpha value is -2.71. The van der Waals surface area contributed by atoms with Crippen LogP contribution in [0.2, 0.25) is 0 Å². The number of rotatable bonds is 9. The summed E-state index contributed by atoms with van der Waals surface area (Å²) in [6.07, 6.45) is 5.25. The molecule has 3 aromatic rings. The number of hydrogen-bond donors (Lipinski definition) is 1. The van der Waals surface area contributed by atoms with E-state index >= 15 is 0 Å². The molecule has 0 saturated heterocycles. The molecule has 7 nitrogen and oxygen atoms in total. The van der Waals surface area contributed by atoms with E-state index in [0.717, 1.165) is 36.3 Å². The van der Waals surface area contributed by atoms with Crippen molar-refractivity contribution in [3.63, 3.8) is 0 Å². The molecule has 0 radical (unpaired) electrons. The number of benzene rings is 2. The minimum absolute atomic E-state index is 0.0292. The van der Waals surface area contributed by atoms with Crippen molar-refractivity contribution in [1.29, 1.82) is 0 Å². The van der Waals surface area contributed by atoms with Gasteiger partial charge >= 0.3 is 0 Å². The van der Waals surface area contributed by atoms with Crippen LogP contribution in [0.25, 0.3) is 11.0 Å². The quantitative estimate of drug-likeness (QED) is 0.485.